The fourth-order valence-corrected chi connectivity index (χ4v) is 4.20. The summed E-state index contributed by atoms with van der Waals surface area (Å²) in [6.07, 6.45) is 3.21. The van der Waals surface area contributed by atoms with Crippen molar-refractivity contribution in [2.24, 2.45) is 11.3 Å². The lowest BCUT2D eigenvalue weighted by molar-refractivity contribution is -0.141. The number of carboxylic acid groups (broad SMARTS) is 1. The molecule has 202 valence electrons. The van der Waals surface area contributed by atoms with Crippen molar-refractivity contribution in [1.82, 2.24) is 15.1 Å². The molecule has 0 radical (unpaired) electrons. The average Bonchev–Trinajstić information content (AvgIpc) is 2.76. The maximum Gasteiger partial charge on any atom is 0.331 e. The van der Waals surface area contributed by atoms with Gasteiger partial charge in [0.1, 0.15) is 6.04 Å². The van der Waals surface area contributed by atoms with Crippen LogP contribution in [0.25, 0.3) is 0 Å². The third-order valence-electron chi connectivity index (χ3n) is 6.61. The number of carbonyl (C=O) groups excluding carboxylic acids is 2. The van der Waals surface area contributed by atoms with Crippen molar-refractivity contribution in [1.29, 1.82) is 0 Å². The number of aliphatic carboxylic acids is 1. The molecule has 7 heteroatoms. The first-order chi connectivity index (χ1) is 16.6. The number of hydrogen-bond acceptors (Lipinski definition) is 4. The second-order valence-electron chi connectivity index (χ2n) is 11.4. The number of hydrogen-bond donors (Lipinski definition) is 2. The average molecular weight is 502 g/mol. The fraction of sp³-hybridized carbons (Fsp3) is 0.621. The van der Waals surface area contributed by atoms with E-state index in [9.17, 15) is 19.5 Å². The molecule has 1 rings (SSSR count). The monoisotopic (exact) mass is 501 g/mol. The summed E-state index contributed by atoms with van der Waals surface area (Å²) < 4.78 is 0. The van der Waals surface area contributed by atoms with Crippen LogP contribution in [0.15, 0.2) is 35.9 Å². The van der Waals surface area contributed by atoms with Crippen molar-refractivity contribution in [2.45, 2.75) is 85.9 Å². The number of carboxylic acids is 1. The summed E-state index contributed by atoms with van der Waals surface area (Å²) in [6, 6.07) is 6.39. The molecular weight excluding hydrogens is 454 g/mol. The molecule has 0 saturated carbocycles. The Labute approximate surface area is 217 Å². The molecule has 7 nitrogen and oxygen atoms in total. The first-order valence-corrected chi connectivity index (χ1v) is 12.8. The first-order valence-electron chi connectivity index (χ1n) is 12.8. The highest BCUT2D eigenvalue weighted by atomic mass is 16.4. The van der Waals surface area contributed by atoms with Crippen LogP contribution < -0.4 is 5.32 Å². The Bertz CT molecular complexity index is 931. The van der Waals surface area contributed by atoms with E-state index in [1.54, 1.807) is 24.9 Å². The first kappa shape index (κ1) is 31.4. The number of aryl methyl sites for hydroxylation is 1. The van der Waals surface area contributed by atoms with E-state index in [1.807, 2.05) is 84.8 Å². The second kappa shape index (κ2) is 13.6. The number of likely N-dealkylation sites (N-methyl/N-ethyl adjacent to an activating group) is 2. The summed E-state index contributed by atoms with van der Waals surface area (Å²) in [5.74, 6) is -1.16. The van der Waals surface area contributed by atoms with Gasteiger partial charge in [0, 0.05) is 12.6 Å². The third kappa shape index (κ3) is 9.08. The van der Waals surface area contributed by atoms with Gasteiger partial charge in [0.25, 0.3) is 0 Å². The molecule has 36 heavy (non-hydrogen) atoms. The van der Waals surface area contributed by atoms with E-state index >= 15 is 0 Å². The highest BCUT2D eigenvalue weighted by Crippen LogP contribution is 2.24. The van der Waals surface area contributed by atoms with E-state index in [-0.39, 0.29) is 29.3 Å². The number of rotatable bonds is 12. The minimum Gasteiger partial charge on any atom is -0.478 e. The van der Waals surface area contributed by atoms with Crippen molar-refractivity contribution in [2.75, 3.05) is 21.1 Å². The van der Waals surface area contributed by atoms with Gasteiger partial charge in [0.2, 0.25) is 11.8 Å². The number of carbonyl (C=O) groups is 3. The molecule has 0 spiro atoms. The smallest absolute Gasteiger partial charge is 0.331 e. The predicted molar refractivity (Wildman–Crippen MR) is 146 cm³/mol. The molecule has 0 saturated heterocycles. The highest BCUT2D eigenvalue weighted by Gasteiger charge is 2.38. The third-order valence-corrected chi connectivity index (χ3v) is 6.61. The molecule has 1 aromatic rings. The standard InChI is InChI=1S/C29H47N3O4/c1-11-21(28(35)36)17-23(16-19(2)3)32(10)27(34)25(29(5,6)7)30-26(33)24(31(8)9)18-22-15-13-12-14-20(22)4/h12-15,17,19,23-25H,11,16,18H2,1-10H3,(H,30,33)(H,35,36)/b21-17+/t23-,24-,25+/m0/s1. The largest absolute Gasteiger partial charge is 0.478 e. The van der Waals surface area contributed by atoms with Crippen LogP contribution in [0.1, 0.15) is 65.5 Å². The van der Waals surface area contributed by atoms with Gasteiger partial charge in [-0.2, -0.15) is 0 Å². The molecule has 0 fully saturated rings. The van der Waals surface area contributed by atoms with Gasteiger partial charge in [-0.15, -0.1) is 0 Å². The molecule has 0 aliphatic heterocycles. The van der Waals surface area contributed by atoms with Crippen LogP contribution in [-0.4, -0.2) is 72.0 Å². The summed E-state index contributed by atoms with van der Waals surface area (Å²) in [5, 5.41) is 12.6. The quantitative estimate of drug-likeness (QED) is 0.417. The normalized spacial score (nSPS) is 14.9. The van der Waals surface area contributed by atoms with E-state index in [1.165, 1.54) is 0 Å². The van der Waals surface area contributed by atoms with E-state index in [2.05, 4.69) is 5.32 Å². The maximum absolute atomic E-state index is 13.8. The van der Waals surface area contributed by atoms with Gasteiger partial charge in [0.15, 0.2) is 0 Å². The van der Waals surface area contributed by atoms with Crippen LogP contribution in [0.4, 0.5) is 0 Å². The zero-order valence-corrected chi connectivity index (χ0v) is 23.9. The maximum atomic E-state index is 13.8. The second-order valence-corrected chi connectivity index (χ2v) is 11.4. The molecule has 0 bridgehead atoms. The van der Waals surface area contributed by atoms with Crippen LogP contribution in [0, 0.1) is 18.3 Å². The highest BCUT2D eigenvalue weighted by molar-refractivity contribution is 5.91. The van der Waals surface area contributed by atoms with Crippen molar-refractivity contribution in [3.05, 3.63) is 47.0 Å². The Morgan fingerprint density at radius 2 is 1.67 bits per heavy atom. The molecule has 2 amide bonds. The van der Waals surface area contributed by atoms with E-state index in [4.69, 9.17) is 0 Å². The molecule has 0 heterocycles. The number of nitrogens with zero attached hydrogens (tertiary/aromatic N) is 2. The number of nitrogens with one attached hydrogen (secondary N) is 1. The Kier molecular flexibility index (Phi) is 11.8. The van der Waals surface area contributed by atoms with Gasteiger partial charge in [-0.05, 0) is 62.7 Å². The van der Waals surface area contributed by atoms with Gasteiger partial charge in [0.05, 0.1) is 12.1 Å². The van der Waals surface area contributed by atoms with Crippen molar-refractivity contribution in [3.8, 4) is 0 Å². The molecular formula is C29H47N3O4. The van der Waals surface area contributed by atoms with Gasteiger partial charge < -0.3 is 15.3 Å². The van der Waals surface area contributed by atoms with Crippen molar-refractivity contribution < 1.29 is 19.5 Å². The SMILES string of the molecule is CC/C(=C\[C@H](CC(C)C)N(C)C(=O)[C@@H](NC(=O)[C@H](Cc1ccccc1C)N(C)C)C(C)(C)C)C(=O)O. The Morgan fingerprint density at radius 1 is 1.08 bits per heavy atom. The molecule has 1 aromatic carbocycles. The van der Waals surface area contributed by atoms with Gasteiger partial charge in [-0.1, -0.05) is 71.9 Å². The van der Waals surface area contributed by atoms with Gasteiger partial charge in [-0.3, -0.25) is 14.5 Å². The molecule has 0 aromatic heterocycles. The van der Waals surface area contributed by atoms with Crippen LogP contribution in [-0.2, 0) is 20.8 Å². The summed E-state index contributed by atoms with van der Waals surface area (Å²) >= 11 is 0. The van der Waals surface area contributed by atoms with Gasteiger partial charge in [-0.25, -0.2) is 4.79 Å². The Morgan fingerprint density at radius 3 is 2.11 bits per heavy atom. The lowest BCUT2D eigenvalue weighted by atomic mass is 9.84. The molecule has 0 unspecified atom stereocenters. The zero-order chi connectivity index (χ0) is 27.8. The summed E-state index contributed by atoms with van der Waals surface area (Å²) in [4.78, 5) is 42.5. The molecule has 3 atom stereocenters. The van der Waals surface area contributed by atoms with Crippen LogP contribution in [0.5, 0.6) is 0 Å². The summed E-state index contributed by atoms with van der Waals surface area (Å²) in [6.45, 7) is 13.7. The van der Waals surface area contributed by atoms with Gasteiger partial charge >= 0.3 is 5.97 Å². The fourth-order valence-electron chi connectivity index (χ4n) is 4.20. The predicted octanol–water partition coefficient (Wildman–Crippen LogP) is 4.29. The van der Waals surface area contributed by atoms with Crippen molar-refractivity contribution >= 4 is 17.8 Å². The van der Waals surface area contributed by atoms with Crippen LogP contribution >= 0.6 is 0 Å². The summed E-state index contributed by atoms with van der Waals surface area (Å²) in [7, 11) is 5.43. The minimum absolute atomic E-state index is 0.208. The molecule has 2 N–H and O–H groups in total. The van der Waals surface area contributed by atoms with E-state index in [0.717, 1.165) is 11.1 Å². The lowest BCUT2D eigenvalue weighted by Crippen LogP contribution is -2.59. The van der Waals surface area contributed by atoms with Crippen LogP contribution in [0.2, 0.25) is 0 Å². The zero-order valence-electron chi connectivity index (χ0n) is 23.9. The Hall–Kier alpha value is -2.67. The minimum atomic E-state index is -0.974. The number of benzene rings is 1. The topological polar surface area (TPSA) is 90.0 Å². The van der Waals surface area contributed by atoms with Crippen molar-refractivity contribution in [3.63, 3.8) is 0 Å². The number of amides is 2. The lowest BCUT2D eigenvalue weighted by Gasteiger charge is -2.38. The Balaban J connectivity index is 3.28. The van der Waals surface area contributed by atoms with E-state index < -0.39 is 23.5 Å². The van der Waals surface area contributed by atoms with Crippen LogP contribution in [0.3, 0.4) is 0 Å². The van der Waals surface area contributed by atoms with E-state index in [0.29, 0.717) is 19.3 Å². The molecule has 0 aliphatic rings. The summed E-state index contributed by atoms with van der Waals surface area (Å²) in [5.41, 5.74) is 1.94. The molecule has 0 aliphatic carbocycles.